The molecule has 3 aromatic carbocycles. The standard InChI is InChI=1S/C29H24FN3O4/c1-17-13-15-19(16-14-17)26(34)23-25(21-11-7-8-12-22(21)30)32(29(37)27(23)35)24-18(2)31(3)33(28(24)36)20-9-5-4-6-10-20/h4-16,25,34H,1-3H3/t25-/m1/s1. The molecule has 0 spiro atoms. The van der Waals surface area contributed by atoms with Crippen LogP contribution in [-0.4, -0.2) is 26.2 Å². The number of para-hydroxylation sites is 1. The van der Waals surface area contributed by atoms with Crippen LogP contribution < -0.4 is 10.5 Å². The number of nitrogens with zero attached hydrogens (tertiary/aromatic N) is 3. The zero-order valence-corrected chi connectivity index (χ0v) is 20.5. The van der Waals surface area contributed by atoms with Crippen LogP contribution in [0.1, 0.15) is 28.4 Å². The fourth-order valence-electron chi connectivity index (χ4n) is 4.75. The molecule has 1 aliphatic heterocycles. The minimum Gasteiger partial charge on any atom is -0.507 e. The van der Waals surface area contributed by atoms with E-state index in [0.29, 0.717) is 16.9 Å². The van der Waals surface area contributed by atoms with Crippen molar-refractivity contribution in [1.82, 2.24) is 9.36 Å². The van der Waals surface area contributed by atoms with Crippen molar-refractivity contribution >= 4 is 23.1 Å². The van der Waals surface area contributed by atoms with Crippen molar-refractivity contribution in [2.45, 2.75) is 19.9 Å². The summed E-state index contributed by atoms with van der Waals surface area (Å²) in [5.41, 5.74) is 1.28. The SMILES string of the molecule is Cc1ccc(C(O)=C2C(=O)C(=O)N(c3c(C)n(C)n(-c4ccccc4)c3=O)[C@@H]2c2ccccc2F)cc1. The van der Waals surface area contributed by atoms with E-state index in [2.05, 4.69) is 0 Å². The normalized spacial score (nSPS) is 17.0. The number of anilines is 1. The first-order chi connectivity index (χ1) is 17.7. The molecule has 186 valence electrons. The minimum absolute atomic E-state index is 0.00993. The third kappa shape index (κ3) is 3.78. The second kappa shape index (κ2) is 9.05. The summed E-state index contributed by atoms with van der Waals surface area (Å²) in [7, 11) is 1.66. The van der Waals surface area contributed by atoms with E-state index in [4.69, 9.17) is 0 Å². The van der Waals surface area contributed by atoms with Crippen molar-refractivity contribution in [2.24, 2.45) is 7.05 Å². The van der Waals surface area contributed by atoms with E-state index in [9.17, 15) is 19.5 Å². The van der Waals surface area contributed by atoms with Gasteiger partial charge >= 0.3 is 0 Å². The number of amides is 1. The number of aryl methyl sites for hydroxylation is 1. The van der Waals surface area contributed by atoms with Gasteiger partial charge in [-0.1, -0.05) is 66.2 Å². The Balaban J connectivity index is 1.80. The number of hydrogen-bond acceptors (Lipinski definition) is 4. The second-order valence-corrected chi connectivity index (χ2v) is 8.97. The number of ketones is 1. The Labute approximate surface area is 212 Å². The topological polar surface area (TPSA) is 84.5 Å². The van der Waals surface area contributed by atoms with Crippen molar-refractivity contribution < 1.29 is 19.1 Å². The molecule has 0 aliphatic carbocycles. The van der Waals surface area contributed by atoms with E-state index < -0.39 is 34.9 Å². The highest BCUT2D eigenvalue weighted by Gasteiger charge is 2.49. The summed E-state index contributed by atoms with van der Waals surface area (Å²) >= 11 is 0. The number of aliphatic hydroxyl groups is 1. The van der Waals surface area contributed by atoms with Crippen LogP contribution in [0.5, 0.6) is 0 Å². The van der Waals surface area contributed by atoms with Crippen molar-refractivity contribution in [2.75, 3.05) is 4.90 Å². The average molecular weight is 498 g/mol. The van der Waals surface area contributed by atoms with E-state index in [-0.39, 0.29) is 16.8 Å². The fourth-order valence-corrected chi connectivity index (χ4v) is 4.75. The summed E-state index contributed by atoms with van der Waals surface area (Å²) in [5, 5.41) is 11.2. The van der Waals surface area contributed by atoms with E-state index in [1.165, 1.54) is 22.9 Å². The van der Waals surface area contributed by atoms with Crippen molar-refractivity contribution in [1.29, 1.82) is 0 Å². The highest BCUT2D eigenvalue weighted by Crippen LogP contribution is 2.43. The van der Waals surface area contributed by atoms with E-state index >= 15 is 4.39 Å². The number of aromatic nitrogens is 2. The van der Waals surface area contributed by atoms with Gasteiger partial charge in [0.1, 0.15) is 17.3 Å². The van der Waals surface area contributed by atoms with Gasteiger partial charge in [0, 0.05) is 18.2 Å². The maximum atomic E-state index is 15.2. The Bertz CT molecular complexity index is 1630. The number of carbonyl (C=O) groups excluding carboxylic acids is 2. The molecule has 1 atom stereocenters. The summed E-state index contributed by atoms with van der Waals surface area (Å²) in [6, 6.07) is 19.9. The number of benzene rings is 3. The summed E-state index contributed by atoms with van der Waals surface area (Å²) in [4.78, 5) is 41.7. The fraction of sp³-hybridized carbons (Fsp3) is 0.138. The Morgan fingerprint density at radius 2 is 1.49 bits per heavy atom. The Hall–Kier alpha value is -4.72. The average Bonchev–Trinajstić information content (AvgIpc) is 3.27. The quantitative estimate of drug-likeness (QED) is 0.255. The van der Waals surface area contributed by atoms with Gasteiger partial charge in [0.2, 0.25) is 0 Å². The lowest BCUT2D eigenvalue weighted by Gasteiger charge is -2.24. The van der Waals surface area contributed by atoms with E-state index in [1.54, 1.807) is 73.3 Å². The van der Waals surface area contributed by atoms with Crippen molar-refractivity contribution in [3.8, 4) is 5.69 Å². The molecular formula is C29H24FN3O4. The molecule has 1 aliphatic rings. The number of Topliss-reactive ketones (excluding diaryl/α,β-unsaturated/α-hetero) is 1. The number of aliphatic hydroxyl groups excluding tert-OH is 1. The second-order valence-electron chi connectivity index (χ2n) is 8.97. The Morgan fingerprint density at radius 1 is 0.865 bits per heavy atom. The molecule has 37 heavy (non-hydrogen) atoms. The molecule has 0 unspecified atom stereocenters. The lowest BCUT2D eigenvalue weighted by molar-refractivity contribution is -0.132. The van der Waals surface area contributed by atoms with Crippen LogP contribution in [-0.2, 0) is 16.6 Å². The van der Waals surface area contributed by atoms with Crippen LogP contribution in [0.15, 0.2) is 89.2 Å². The van der Waals surface area contributed by atoms with Gasteiger partial charge in [0.25, 0.3) is 17.2 Å². The van der Waals surface area contributed by atoms with Crippen LogP contribution in [0.3, 0.4) is 0 Å². The molecule has 2 heterocycles. The summed E-state index contributed by atoms with van der Waals surface area (Å²) in [6.45, 7) is 3.52. The summed E-state index contributed by atoms with van der Waals surface area (Å²) < 4.78 is 18.1. The molecule has 1 fully saturated rings. The van der Waals surface area contributed by atoms with Gasteiger partial charge in [-0.2, -0.15) is 0 Å². The molecule has 0 bridgehead atoms. The van der Waals surface area contributed by atoms with Gasteiger partial charge in [-0.25, -0.2) is 9.07 Å². The highest BCUT2D eigenvalue weighted by atomic mass is 19.1. The first kappa shape index (κ1) is 24.0. The van der Waals surface area contributed by atoms with Gasteiger partial charge < -0.3 is 5.11 Å². The largest absolute Gasteiger partial charge is 0.507 e. The van der Waals surface area contributed by atoms with Gasteiger partial charge in [0.05, 0.1) is 23.0 Å². The first-order valence-corrected chi connectivity index (χ1v) is 11.7. The van der Waals surface area contributed by atoms with Crippen LogP contribution >= 0.6 is 0 Å². The van der Waals surface area contributed by atoms with Gasteiger partial charge in [-0.05, 0) is 32.0 Å². The monoisotopic (exact) mass is 497 g/mol. The maximum Gasteiger partial charge on any atom is 0.300 e. The zero-order valence-electron chi connectivity index (χ0n) is 20.5. The lowest BCUT2D eigenvalue weighted by atomic mass is 9.94. The number of hydrogen-bond donors (Lipinski definition) is 1. The van der Waals surface area contributed by atoms with Crippen LogP contribution in [0.4, 0.5) is 10.1 Å². The smallest absolute Gasteiger partial charge is 0.300 e. The van der Waals surface area contributed by atoms with Crippen LogP contribution in [0.25, 0.3) is 11.4 Å². The van der Waals surface area contributed by atoms with Gasteiger partial charge in [-0.15, -0.1) is 0 Å². The number of carbonyl (C=O) groups is 2. The predicted octanol–water partition coefficient (Wildman–Crippen LogP) is 4.56. The molecule has 4 aromatic rings. The third-order valence-corrected chi connectivity index (χ3v) is 6.73. The third-order valence-electron chi connectivity index (χ3n) is 6.73. The lowest BCUT2D eigenvalue weighted by Crippen LogP contribution is -2.34. The summed E-state index contributed by atoms with van der Waals surface area (Å²) in [5.74, 6) is -3.13. The molecule has 1 saturated heterocycles. The van der Waals surface area contributed by atoms with Gasteiger partial charge in [0.15, 0.2) is 0 Å². The van der Waals surface area contributed by atoms with Crippen molar-refractivity contribution in [3.05, 3.63) is 123 Å². The minimum atomic E-state index is -1.35. The van der Waals surface area contributed by atoms with E-state index in [0.717, 1.165) is 10.5 Å². The van der Waals surface area contributed by atoms with Crippen LogP contribution in [0, 0.1) is 19.7 Å². The summed E-state index contributed by atoms with van der Waals surface area (Å²) in [6.07, 6.45) is 0. The molecule has 7 nitrogen and oxygen atoms in total. The molecular weight excluding hydrogens is 473 g/mol. The number of rotatable bonds is 4. The zero-order chi connectivity index (χ0) is 26.4. The first-order valence-electron chi connectivity index (χ1n) is 11.7. The number of halogens is 1. The Morgan fingerprint density at radius 3 is 2.14 bits per heavy atom. The Kier molecular flexibility index (Phi) is 5.87. The molecule has 0 saturated carbocycles. The van der Waals surface area contributed by atoms with Crippen molar-refractivity contribution in [3.63, 3.8) is 0 Å². The molecule has 1 aromatic heterocycles. The van der Waals surface area contributed by atoms with Crippen LogP contribution in [0.2, 0.25) is 0 Å². The maximum absolute atomic E-state index is 15.2. The predicted molar refractivity (Wildman–Crippen MR) is 138 cm³/mol. The van der Waals surface area contributed by atoms with Gasteiger partial charge in [-0.3, -0.25) is 24.0 Å². The highest BCUT2D eigenvalue weighted by molar-refractivity contribution is 6.51. The molecule has 8 heteroatoms. The molecule has 1 N–H and O–H groups in total. The molecule has 0 radical (unpaired) electrons. The molecule has 1 amide bonds. The molecule has 5 rings (SSSR count). The van der Waals surface area contributed by atoms with E-state index in [1.807, 2.05) is 13.0 Å².